The van der Waals surface area contributed by atoms with E-state index in [2.05, 4.69) is 188 Å². The second-order valence-corrected chi connectivity index (χ2v) is 15.6. The quantitative estimate of drug-likeness (QED) is 0.170. The fourth-order valence-electron chi connectivity index (χ4n) is 8.92. The molecule has 0 aliphatic heterocycles. The number of nitrogens with zero attached hydrogens (tertiary/aromatic N) is 2. The minimum atomic E-state index is -0.455. The summed E-state index contributed by atoms with van der Waals surface area (Å²) in [6.07, 6.45) is 0. The molecule has 2 aromatic heterocycles. The second-order valence-electron chi connectivity index (χ2n) is 14.5. The maximum Gasteiger partial charge on any atom is 0.160 e. The first kappa shape index (κ1) is 32.5. The van der Waals surface area contributed by atoms with Crippen molar-refractivity contribution >= 4 is 31.5 Å². The Labute approximate surface area is 330 Å². The van der Waals surface area contributed by atoms with Gasteiger partial charge in [-0.15, -0.1) is 11.3 Å². The van der Waals surface area contributed by atoms with E-state index < -0.39 is 5.41 Å². The maximum atomic E-state index is 5.24. The zero-order chi connectivity index (χ0) is 37.1. The van der Waals surface area contributed by atoms with Crippen molar-refractivity contribution in [2.75, 3.05) is 0 Å². The number of thiophene rings is 1. The molecular weight excluding hydrogens is 697 g/mol. The summed E-state index contributed by atoms with van der Waals surface area (Å²) in [5, 5.41) is 2.53. The minimum absolute atomic E-state index is 0.455. The lowest BCUT2D eigenvalue weighted by Gasteiger charge is -2.34. The van der Waals surface area contributed by atoms with Crippen molar-refractivity contribution in [2.24, 2.45) is 0 Å². The van der Waals surface area contributed by atoms with E-state index in [-0.39, 0.29) is 0 Å². The van der Waals surface area contributed by atoms with Crippen molar-refractivity contribution < 1.29 is 0 Å². The molecule has 11 rings (SSSR count). The summed E-state index contributed by atoms with van der Waals surface area (Å²) in [6, 6.07) is 74.5. The first-order valence-corrected chi connectivity index (χ1v) is 19.9. The lowest BCUT2D eigenvalue weighted by atomic mass is 9.67. The van der Waals surface area contributed by atoms with E-state index in [1.165, 1.54) is 59.1 Å². The van der Waals surface area contributed by atoms with E-state index in [4.69, 9.17) is 9.97 Å². The van der Waals surface area contributed by atoms with Crippen molar-refractivity contribution in [2.45, 2.75) is 5.41 Å². The van der Waals surface area contributed by atoms with Crippen LogP contribution < -0.4 is 0 Å². The molecule has 3 heteroatoms. The molecule has 56 heavy (non-hydrogen) atoms. The van der Waals surface area contributed by atoms with E-state index in [0.29, 0.717) is 5.82 Å². The van der Waals surface area contributed by atoms with E-state index in [0.717, 1.165) is 33.6 Å². The van der Waals surface area contributed by atoms with Gasteiger partial charge in [0, 0.05) is 36.9 Å². The lowest BCUT2D eigenvalue weighted by Crippen LogP contribution is -2.28. The van der Waals surface area contributed by atoms with Gasteiger partial charge >= 0.3 is 0 Å². The molecule has 0 unspecified atom stereocenters. The van der Waals surface area contributed by atoms with Crippen molar-refractivity contribution in [1.82, 2.24) is 9.97 Å². The Bertz CT molecular complexity index is 3040. The molecule has 0 bridgehead atoms. The molecule has 0 N–H and O–H groups in total. The van der Waals surface area contributed by atoms with E-state index in [1.807, 2.05) is 29.5 Å². The molecule has 0 spiro atoms. The molecule has 262 valence electrons. The van der Waals surface area contributed by atoms with Gasteiger partial charge in [-0.1, -0.05) is 176 Å². The van der Waals surface area contributed by atoms with Crippen LogP contribution in [-0.4, -0.2) is 9.97 Å². The van der Waals surface area contributed by atoms with Gasteiger partial charge in [0.15, 0.2) is 5.82 Å². The average molecular weight is 731 g/mol. The third-order valence-electron chi connectivity index (χ3n) is 11.4. The highest BCUT2D eigenvalue weighted by Crippen LogP contribution is 2.58. The second kappa shape index (κ2) is 13.1. The Morgan fingerprint density at radius 2 is 0.911 bits per heavy atom. The van der Waals surface area contributed by atoms with E-state index in [1.54, 1.807) is 0 Å². The summed E-state index contributed by atoms with van der Waals surface area (Å²) in [6.45, 7) is 0. The number of aromatic nitrogens is 2. The van der Waals surface area contributed by atoms with Gasteiger partial charge in [-0.3, -0.25) is 0 Å². The predicted molar refractivity (Wildman–Crippen MR) is 234 cm³/mol. The van der Waals surface area contributed by atoms with Crippen LogP contribution in [0, 0.1) is 0 Å². The zero-order valence-corrected chi connectivity index (χ0v) is 31.2. The predicted octanol–water partition coefficient (Wildman–Crippen LogP) is 13.9. The molecule has 0 fully saturated rings. The highest BCUT2D eigenvalue weighted by Gasteiger charge is 2.46. The van der Waals surface area contributed by atoms with Gasteiger partial charge in [0.05, 0.1) is 16.8 Å². The summed E-state index contributed by atoms with van der Waals surface area (Å²) in [5.74, 6) is 0.712. The fraction of sp³-hybridized carbons (Fsp3) is 0.0189. The average Bonchev–Trinajstić information content (AvgIpc) is 3.81. The summed E-state index contributed by atoms with van der Waals surface area (Å²) in [4.78, 5) is 10.4. The molecule has 8 aromatic carbocycles. The van der Waals surface area contributed by atoms with Crippen LogP contribution in [0.3, 0.4) is 0 Å². The number of fused-ring (bicyclic) bond motifs is 6. The summed E-state index contributed by atoms with van der Waals surface area (Å²) < 4.78 is 2.57. The highest BCUT2D eigenvalue weighted by atomic mass is 32.1. The minimum Gasteiger partial charge on any atom is -0.228 e. The fourth-order valence-corrected chi connectivity index (χ4v) is 10.0. The molecule has 0 radical (unpaired) electrons. The van der Waals surface area contributed by atoms with E-state index >= 15 is 0 Å². The van der Waals surface area contributed by atoms with Gasteiger partial charge in [-0.2, -0.15) is 0 Å². The summed E-state index contributed by atoms with van der Waals surface area (Å²) in [5.41, 5.74) is 14.5. The van der Waals surface area contributed by atoms with Crippen LogP contribution in [-0.2, 0) is 5.41 Å². The third kappa shape index (κ3) is 5.09. The molecule has 0 saturated heterocycles. The van der Waals surface area contributed by atoms with Gasteiger partial charge < -0.3 is 0 Å². The zero-order valence-electron chi connectivity index (χ0n) is 30.4. The van der Waals surface area contributed by atoms with Crippen molar-refractivity contribution in [3.63, 3.8) is 0 Å². The van der Waals surface area contributed by atoms with Gasteiger partial charge in [0.1, 0.15) is 0 Å². The number of hydrogen-bond donors (Lipinski definition) is 0. The van der Waals surface area contributed by atoms with Crippen LogP contribution in [0.2, 0.25) is 0 Å². The first-order chi connectivity index (χ1) is 27.8. The van der Waals surface area contributed by atoms with Crippen molar-refractivity contribution in [1.29, 1.82) is 0 Å². The molecule has 10 aromatic rings. The van der Waals surface area contributed by atoms with Gasteiger partial charge in [0.25, 0.3) is 0 Å². The molecule has 0 amide bonds. The van der Waals surface area contributed by atoms with Crippen molar-refractivity contribution in [3.8, 4) is 56.2 Å². The van der Waals surface area contributed by atoms with Crippen LogP contribution in [0.25, 0.3) is 76.3 Å². The third-order valence-corrected chi connectivity index (χ3v) is 12.5. The molecule has 0 atom stereocenters. The standard InChI is InChI=1S/C53H34N2S/c1-4-16-35(17-5-1)52-54-47(34-48(55-52)38-30-31-50-44(33-38)42-24-11-13-29-49(42)56-50)37-19-14-18-36(32-37)41-26-15-28-46-51(41)43-25-10-12-27-45(43)53(46,39-20-6-2-7-21-39)40-22-8-3-9-23-40/h1-34H. The van der Waals surface area contributed by atoms with Crippen LogP contribution in [0.15, 0.2) is 206 Å². The number of benzene rings is 8. The van der Waals surface area contributed by atoms with Crippen LogP contribution in [0.5, 0.6) is 0 Å². The van der Waals surface area contributed by atoms with Gasteiger partial charge in [-0.25, -0.2) is 9.97 Å². The molecule has 1 aliphatic carbocycles. The number of rotatable bonds is 6. The molecular formula is C53H34N2S. The maximum absolute atomic E-state index is 5.24. The molecule has 2 heterocycles. The van der Waals surface area contributed by atoms with Gasteiger partial charge in [0.2, 0.25) is 0 Å². The Morgan fingerprint density at radius 1 is 0.357 bits per heavy atom. The lowest BCUT2D eigenvalue weighted by molar-refractivity contribution is 0.768. The smallest absolute Gasteiger partial charge is 0.160 e. The molecule has 0 saturated carbocycles. The monoisotopic (exact) mass is 730 g/mol. The van der Waals surface area contributed by atoms with Crippen molar-refractivity contribution in [3.05, 3.63) is 229 Å². The Balaban J connectivity index is 1.10. The normalized spacial score (nSPS) is 12.8. The SMILES string of the molecule is c1ccc(-c2nc(-c3cccc(-c4cccc5c4-c4ccccc4C5(c4ccccc4)c4ccccc4)c3)cc(-c3ccc4sc5ccccc5c4c3)n2)cc1. The largest absolute Gasteiger partial charge is 0.228 e. The Kier molecular flexibility index (Phi) is 7.61. The van der Waals surface area contributed by atoms with Crippen LogP contribution >= 0.6 is 11.3 Å². The molecule has 2 nitrogen and oxygen atoms in total. The van der Waals surface area contributed by atoms with Crippen LogP contribution in [0.4, 0.5) is 0 Å². The van der Waals surface area contributed by atoms with Crippen LogP contribution in [0.1, 0.15) is 22.3 Å². The Morgan fingerprint density at radius 3 is 1.68 bits per heavy atom. The summed E-state index contributed by atoms with van der Waals surface area (Å²) >= 11 is 1.83. The topological polar surface area (TPSA) is 25.8 Å². The van der Waals surface area contributed by atoms with Gasteiger partial charge in [-0.05, 0) is 74.8 Å². The first-order valence-electron chi connectivity index (χ1n) is 19.1. The summed E-state index contributed by atoms with van der Waals surface area (Å²) in [7, 11) is 0. The molecule has 1 aliphatic rings. The van der Waals surface area contributed by atoms with E-state index in [9.17, 15) is 0 Å². The number of hydrogen-bond acceptors (Lipinski definition) is 3. The Hall–Kier alpha value is -6.94. The highest BCUT2D eigenvalue weighted by molar-refractivity contribution is 7.25.